The first kappa shape index (κ1) is 16.0. The number of carbonyl (C=O) groups excluding carboxylic acids is 1. The van der Waals surface area contributed by atoms with Crippen LogP contribution in [0.1, 0.15) is 10.5 Å². The van der Waals surface area contributed by atoms with Crippen LogP contribution in [0, 0.1) is 0 Å². The SMILES string of the molecule is O=C(NCCOc1ccc(Cl)cc1)c1cnn(-c2ccccc2)n1. The van der Waals surface area contributed by atoms with Gasteiger partial charge in [-0.15, -0.1) is 5.10 Å². The van der Waals surface area contributed by atoms with E-state index in [0.717, 1.165) is 5.69 Å². The molecule has 0 radical (unpaired) electrons. The van der Waals surface area contributed by atoms with Crippen molar-refractivity contribution in [2.45, 2.75) is 0 Å². The topological polar surface area (TPSA) is 69.0 Å². The highest BCUT2D eigenvalue weighted by Crippen LogP contribution is 2.15. The van der Waals surface area contributed by atoms with Gasteiger partial charge in [-0.3, -0.25) is 4.79 Å². The second-order valence-corrected chi connectivity index (χ2v) is 5.35. The maximum atomic E-state index is 12.0. The average Bonchev–Trinajstić information content (AvgIpc) is 3.11. The molecule has 0 fully saturated rings. The number of nitrogens with zero attached hydrogens (tertiary/aromatic N) is 3. The zero-order valence-corrected chi connectivity index (χ0v) is 13.5. The Morgan fingerprint density at radius 2 is 1.88 bits per heavy atom. The number of hydrogen-bond donors (Lipinski definition) is 1. The fraction of sp³-hybridized carbons (Fsp3) is 0.118. The maximum Gasteiger partial charge on any atom is 0.273 e. The molecule has 0 spiro atoms. The van der Waals surface area contributed by atoms with Crippen molar-refractivity contribution < 1.29 is 9.53 Å². The van der Waals surface area contributed by atoms with Crippen LogP contribution in [-0.2, 0) is 0 Å². The Hall–Kier alpha value is -2.86. The van der Waals surface area contributed by atoms with Gasteiger partial charge in [0, 0.05) is 5.02 Å². The lowest BCUT2D eigenvalue weighted by Crippen LogP contribution is -2.28. The van der Waals surface area contributed by atoms with Gasteiger partial charge in [0.15, 0.2) is 5.69 Å². The molecule has 7 heteroatoms. The fourth-order valence-corrected chi connectivity index (χ4v) is 2.13. The number of ether oxygens (including phenoxy) is 1. The number of nitrogens with one attached hydrogen (secondary N) is 1. The molecule has 1 N–H and O–H groups in total. The molecule has 1 amide bonds. The normalized spacial score (nSPS) is 10.4. The number of hydrogen-bond acceptors (Lipinski definition) is 4. The average molecular weight is 343 g/mol. The van der Waals surface area contributed by atoms with Gasteiger partial charge in [-0.2, -0.15) is 9.90 Å². The van der Waals surface area contributed by atoms with Crippen LogP contribution in [0.3, 0.4) is 0 Å². The molecular weight excluding hydrogens is 328 g/mol. The van der Waals surface area contributed by atoms with Crippen molar-refractivity contribution in [1.29, 1.82) is 0 Å². The Morgan fingerprint density at radius 1 is 1.12 bits per heavy atom. The molecule has 0 aliphatic heterocycles. The first-order valence-electron chi connectivity index (χ1n) is 7.37. The van der Waals surface area contributed by atoms with Crippen LogP contribution in [0.25, 0.3) is 5.69 Å². The third-order valence-corrected chi connectivity index (χ3v) is 3.43. The first-order chi connectivity index (χ1) is 11.7. The molecule has 3 aromatic rings. The van der Waals surface area contributed by atoms with E-state index in [1.165, 1.54) is 11.0 Å². The van der Waals surface area contributed by atoms with Crippen molar-refractivity contribution in [2.75, 3.05) is 13.2 Å². The number of benzene rings is 2. The summed E-state index contributed by atoms with van der Waals surface area (Å²) in [5.41, 5.74) is 1.05. The summed E-state index contributed by atoms with van der Waals surface area (Å²) in [4.78, 5) is 13.5. The number of para-hydroxylation sites is 1. The molecule has 0 aliphatic carbocycles. The summed E-state index contributed by atoms with van der Waals surface area (Å²) in [7, 11) is 0. The molecule has 0 atom stereocenters. The summed E-state index contributed by atoms with van der Waals surface area (Å²) in [6.45, 7) is 0.708. The van der Waals surface area contributed by atoms with Crippen molar-refractivity contribution in [3.63, 3.8) is 0 Å². The first-order valence-corrected chi connectivity index (χ1v) is 7.74. The van der Waals surface area contributed by atoms with Gasteiger partial charge in [-0.1, -0.05) is 29.8 Å². The zero-order valence-electron chi connectivity index (χ0n) is 12.7. The molecule has 1 heterocycles. The van der Waals surface area contributed by atoms with E-state index < -0.39 is 0 Å². The molecule has 0 bridgehead atoms. The molecule has 0 saturated heterocycles. The molecule has 0 aliphatic rings. The number of amides is 1. The Kier molecular flexibility index (Phi) is 5.08. The van der Waals surface area contributed by atoms with Gasteiger partial charge < -0.3 is 10.1 Å². The van der Waals surface area contributed by atoms with E-state index in [-0.39, 0.29) is 11.6 Å². The summed E-state index contributed by atoms with van der Waals surface area (Å²) >= 11 is 5.80. The minimum atomic E-state index is -0.295. The van der Waals surface area contributed by atoms with Crippen molar-refractivity contribution in [3.05, 3.63) is 71.5 Å². The standard InChI is InChI=1S/C17H15ClN4O2/c18-13-6-8-15(9-7-13)24-11-10-19-17(23)16-12-20-22(21-16)14-4-2-1-3-5-14/h1-9,12H,10-11H2,(H,19,23). The van der Waals surface area contributed by atoms with E-state index >= 15 is 0 Å². The van der Waals surface area contributed by atoms with Gasteiger partial charge in [-0.05, 0) is 36.4 Å². The predicted octanol–water partition coefficient (Wildman–Crippen LogP) is 2.73. The largest absolute Gasteiger partial charge is 0.492 e. The van der Waals surface area contributed by atoms with Crippen LogP contribution in [0.5, 0.6) is 5.75 Å². The lowest BCUT2D eigenvalue weighted by Gasteiger charge is -2.06. The Labute approximate surface area is 144 Å². The van der Waals surface area contributed by atoms with E-state index in [4.69, 9.17) is 16.3 Å². The van der Waals surface area contributed by atoms with E-state index in [2.05, 4.69) is 15.5 Å². The molecule has 6 nitrogen and oxygen atoms in total. The van der Waals surface area contributed by atoms with Gasteiger partial charge in [0.2, 0.25) is 0 Å². The zero-order chi connectivity index (χ0) is 16.8. The summed E-state index contributed by atoms with van der Waals surface area (Å²) in [5.74, 6) is 0.403. The van der Waals surface area contributed by atoms with Gasteiger partial charge in [0.05, 0.1) is 18.4 Å². The lowest BCUT2D eigenvalue weighted by atomic mass is 10.3. The quantitative estimate of drug-likeness (QED) is 0.699. The molecule has 1 aromatic heterocycles. The second kappa shape index (κ2) is 7.61. The number of halogens is 1. The number of carbonyl (C=O) groups is 1. The second-order valence-electron chi connectivity index (χ2n) is 4.91. The van der Waals surface area contributed by atoms with Crippen LogP contribution in [0.2, 0.25) is 5.02 Å². The molecular formula is C17H15ClN4O2. The third-order valence-electron chi connectivity index (χ3n) is 3.18. The van der Waals surface area contributed by atoms with Gasteiger partial charge >= 0.3 is 0 Å². The Bertz CT molecular complexity index is 803. The highest BCUT2D eigenvalue weighted by molar-refractivity contribution is 6.30. The molecule has 0 unspecified atom stereocenters. The van der Waals surface area contributed by atoms with E-state index in [9.17, 15) is 4.79 Å². The fourth-order valence-electron chi connectivity index (χ4n) is 2.01. The highest BCUT2D eigenvalue weighted by atomic mass is 35.5. The highest BCUT2D eigenvalue weighted by Gasteiger charge is 2.10. The molecule has 3 rings (SSSR count). The number of aromatic nitrogens is 3. The molecule has 2 aromatic carbocycles. The van der Waals surface area contributed by atoms with E-state index in [1.54, 1.807) is 24.3 Å². The molecule has 24 heavy (non-hydrogen) atoms. The third kappa shape index (κ3) is 4.11. The Balaban J connectivity index is 1.49. The van der Waals surface area contributed by atoms with Crippen molar-refractivity contribution >= 4 is 17.5 Å². The van der Waals surface area contributed by atoms with Crippen molar-refractivity contribution in [1.82, 2.24) is 20.3 Å². The minimum Gasteiger partial charge on any atom is -0.492 e. The summed E-state index contributed by atoms with van der Waals surface area (Å²) in [6.07, 6.45) is 1.43. The van der Waals surface area contributed by atoms with Gasteiger partial charge in [0.1, 0.15) is 12.4 Å². The van der Waals surface area contributed by atoms with E-state index in [0.29, 0.717) is 23.9 Å². The summed E-state index contributed by atoms with van der Waals surface area (Å²) < 4.78 is 5.51. The van der Waals surface area contributed by atoms with Crippen LogP contribution in [0.15, 0.2) is 60.8 Å². The minimum absolute atomic E-state index is 0.255. The molecule has 0 saturated carbocycles. The van der Waals surface area contributed by atoms with Gasteiger partial charge in [-0.25, -0.2) is 0 Å². The van der Waals surface area contributed by atoms with Crippen LogP contribution in [0.4, 0.5) is 0 Å². The van der Waals surface area contributed by atoms with Crippen molar-refractivity contribution in [3.8, 4) is 11.4 Å². The Morgan fingerprint density at radius 3 is 2.62 bits per heavy atom. The van der Waals surface area contributed by atoms with Crippen LogP contribution in [-0.4, -0.2) is 34.1 Å². The van der Waals surface area contributed by atoms with Crippen molar-refractivity contribution in [2.24, 2.45) is 0 Å². The van der Waals surface area contributed by atoms with Crippen LogP contribution >= 0.6 is 11.6 Å². The lowest BCUT2D eigenvalue weighted by molar-refractivity contribution is 0.0941. The van der Waals surface area contributed by atoms with E-state index in [1.807, 2.05) is 30.3 Å². The summed E-state index contributed by atoms with van der Waals surface area (Å²) in [6, 6.07) is 16.4. The smallest absolute Gasteiger partial charge is 0.273 e. The van der Waals surface area contributed by atoms with Gasteiger partial charge in [0.25, 0.3) is 5.91 Å². The monoisotopic (exact) mass is 342 g/mol. The molecule has 122 valence electrons. The summed E-state index contributed by atoms with van der Waals surface area (Å²) in [5, 5.41) is 11.6. The maximum absolute atomic E-state index is 12.0. The predicted molar refractivity (Wildman–Crippen MR) is 90.6 cm³/mol. The van der Waals surface area contributed by atoms with Crippen LogP contribution < -0.4 is 10.1 Å². The number of rotatable bonds is 6.